The molecule has 3 rings (SSSR count). The van der Waals surface area contributed by atoms with Crippen LogP contribution in [0.2, 0.25) is 0 Å². The summed E-state index contributed by atoms with van der Waals surface area (Å²) in [5, 5.41) is 8.43. The Labute approximate surface area is 114 Å². The number of fused-ring (bicyclic) bond motifs is 1. The minimum absolute atomic E-state index is 0.913. The standard InChI is InChI=1S/C15H22N4/c1-13-7-11-18(12-8-13)9-4-10-19-15-6-3-2-5-14(15)16-17-19/h2-3,5-6,13H,4,7-12H2,1H3. The molecule has 0 bridgehead atoms. The maximum atomic E-state index is 4.24. The highest BCUT2D eigenvalue weighted by Crippen LogP contribution is 2.16. The summed E-state index contributed by atoms with van der Waals surface area (Å²) in [4.78, 5) is 2.58. The monoisotopic (exact) mass is 258 g/mol. The van der Waals surface area contributed by atoms with Crippen LogP contribution in [0, 0.1) is 5.92 Å². The Morgan fingerprint density at radius 1 is 1.16 bits per heavy atom. The lowest BCUT2D eigenvalue weighted by molar-refractivity contribution is 0.187. The minimum atomic E-state index is 0.913. The largest absolute Gasteiger partial charge is 0.303 e. The normalized spacial score (nSPS) is 18.2. The predicted octanol–water partition coefficient (Wildman–Crippen LogP) is 2.55. The van der Waals surface area contributed by atoms with Crippen molar-refractivity contribution in [3.05, 3.63) is 24.3 Å². The van der Waals surface area contributed by atoms with E-state index in [2.05, 4.69) is 28.2 Å². The van der Waals surface area contributed by atoms with Gasteiger partial charge in [0.1, 0.15) is 5.52 Å². The third kappa shape index (κ3) is 2.95. The molecule has 102 valence electrons. The molecule has 0 radical (unpaired) electrons. The van der Waals surface area contributed by atoms with E-state index in [0.717, 1.165) is 29.9 Å². The topological polar surface area (TPSA) is 34.0 Å². The van der Waals surface area contributed by atoms with Gasteiger partial charge in [0.05, 0.1) is 5.52 Å². The molecule has 0 saturated carbocycles. The molecule has 0 atom stereocenters. The number of aromatic nitrogens is 3. The van der Waals surface area contributed by atoms with E-state index in [9.17, 15) is 0 Å². The summed E-state index contributed by atoms with van der Waals surface area (Å²) >= 11 is 0. The first-order chi connectivity index (χ1) is 9.33. The van der Waals surface area contributed by atoms with Crippen molar-refractivity contribution in [2.24, 2.45) is 5.92 Å². The van der Waals surface area contributed by atoms with E-state index in [1.54, 1.807) is 0 Å². The van der Waals surface area contributed by atoms with E-state index < -0.39 is 0 Å². The van der Waals surface area contributed by atoms with Crippen LogP contribution in [0.15, 0.2) is 24.3 Å². The van der Waals surface area contributed by atoms with Gasteiger partial charge in [0.2, 0.25) is 0 Å². The molecule has 4 nitrogen and oxygen atoms in total. The Morgan fingerprint density at radius 3 is 2.79 bits per heavy atom. The zero-order valence-electron chi connectivity index (χ0n) is 11.6. The molecular weight excluding hydrogens is 236 g/mol. The van der Waals surface area contributed by atoms with Gasteiger partial charge in [-0.2, -0.15) is 0 Å². The second kappa shape index (κ2) is 5.70. The molecular formula is C15H22N4. The molecule has 0 amide bonds. The van der Waals surface area contributed by atoms with Gasteiger partial charge in [-0.3, -0.25) is 0 Å². The van der Waals surface area contributed by atoms with Crippen LogP contribution in [0.25, 0.3) is 11.0 Å². The Morgan fingerprint density at radius 2 is 1.95 bits per heavy atom. The number of hydrogen-bond acceptors (Lipinski definition) is 3. The van der Waals surface area contributed by atoms with E-state index in [1.807, 2.05) is 22.9 Å². The zero-order valence-corrected chi connectivity index (χ0v) is 11.6. The van der Waals surface area contributed by atoms with Gasteiger partial charge in [0.25, 0.3) is 0 Å². The summed E-state index contributed by atoms with van der Waals surface area (Å²) < 4.78 is 2.03. The van der Waals surface area contributed by atoms with Gasteiger partial charge in [-0.25, -0.2) is 4.68 Å². The molecule has 0 unspecified atom stereocenters. The summed E-state index contributed by atoms with van der Waals surface area (Å²) in [5.74, 6) is 0.913. The lowest BCUT2D eigenvalue weighted by Crippen LogP contribution is -2.34. The lowest BCUT2D eigenvalue weighted by Gasteiger charge is -2.30. The van der Waals surface area contributed by atoms with Crippen LogP contribution in [-0.2, 0) is 6.54 Å². The molecule has 19 heavy (non-hydrogen) atoms. The van der Waals surface area contributed by atoms with Crippen molar-refractivity contribution in [1.82, 2.24) is 19.9 Å². The Kier molecular flexibility index (Phi) is 3.78. The van der Waals surface area contributed by atoms with E-state index in [4.69, 9.17) is 0 Å². The first kappa shape index (κ1) is 12.6. The fourth-order valence-corrected chi connectivity index (χ4v) is 2.81. The number of hydrogen-bond donors (Lipinski definition) is 0. The Bertz CT molecular complexity index is 526. The van der Waals surface area contributed by atoms with Gasteiger partial charge in [0, 0.05) is 6.54 Å². The fraction of sp³-hybridized carbons (Fsp3) is 0.600. The third-order valence-electron chi connectivity index (χ3n) is 4.14. The molecule has 1 saturated heterocycles. The second-order valence-corrected chi connectivity index (χ2v) is 5.68. The molecule has 1 aromatic heterocycles. The molecule has 4 heteroatoms. The number of aryl methyl sites for hydroxylation is 1. The Balaban J connectivity index is 1.52. The minimum Gasteiger partial charge on any atom is -0.303 e. The lowest BCUT2D eigenvalue weighted by atomic mass is 9.99. The van der Waals surface area contributed by atoms with Gasteiger partial charge in [-0.05, 0) is 56.9 Å². The smallest absolute Gasteiger partial charge is 0.113 e. The van der Waals surface area contributed by atoms with Crippen LogP contribution >= 0.6 is 0 Å². The van der Waals surface area contributed by atoms with Gasteiger partial charge in [-0.1, -0.05) is 24.3 Å². The summed E-state index contributed by atoms with van der Waals surface area (Å²) in [7, 11) is 0. The average molecular weight is 258 g/mol. The van der Waals surface area contributed by atoms with Crippen molar-refractivity contribution in [2.75, 3.05) is 19.6 Å². The van der Waals surface area contributed by atoms with Crippen molar-refractivity contribution in [3.8, 4) is 0 Å². The summed E-state index contributed by atoms with van der Waals surface area (Å²) in [6, 6.07) is 8.17. The molecule has 0 aliphatic carbocycles. The number of likely N-dealkylation sites (tertiary alicyclic amines) is 1. The first-order valence-electron chi connectivity index (χ1n) is 7.33. The number of rotatable bonds is 4. The van der Waals surface area contributed by atoms with Crippen molar-refractivity contribution in [2.45, 2.75) is 32.7 Å². The highest BCUT2D eigenvalue weighted by atomic mass is 15.4. The molecule has 1 aromatic carbocycles. The van der Waals surface area contributed by atoms with Crippen molar-refractivity contribution in [1.29, 1.82) is 0 Å². The molecule has 0 N–H and O–H groups in total. The first-order valence-corrected chi connectivity index (χ1v) is 7.33. The molecule has 2 heterocycles. The summed E-state index contributed by atoms with van der Waals surface area (Å²) in [6.07, 6.45) is 3.86. The molecule has 2 aromatic rings. The number of nitrogens with zero attached hydrogens (tertiary/aromatic N) is 4. The van der Waals surface area contributed by atoms with Crippen LogP contribution in [0.3, 0.4) is 0 Å². The van der Waals surface area contributed by atoms with Crippen molar-refractivity contribution >= 4 is 11.0 Å². The highest BCUT2D eigenvalue weighted by Gasteiger charge is 2.15. The van der Waals surface area contributed by atoms with Crippen LogP contribution in [0.4, 0.5) is 0 Å². The van der Waals surface area contributed by atoms with Crippen LogP contribution in [0.1, 0.15) is 26.2 Å². The molecule has 1 aliphatic rings. The zero-order chi connectivity index (χ0) is 13.1. The molecule has 1 aliphatic heterocycles. The number of benzene rings is 1. The maximum absolute atomic E-state index is 4.24. The SMILES string of the molecule is CC1CCN(CCCn2nnc3ccccc32)CC1. The van der Waals surface area contributed by atoms with E-state index in [1.165, 1.54) is 32.5 Å². The van der Waals surface area contributed by atoms with Crippen molar-refractivity contribution in [3.63, 3.8) is 0 Å². The van der Waals surface area contributed by atoms with Gasteiger partial charge >= 0.3 is 0 Å². The highest BCUT2D eigenvalue weighted by molar-refractivity contribution is 5.73. The summed E-state index contributed by atoms with van der Waals surface area (Å²) in [6.45, 7) is 7.03. The number of para-hydroxylation sites is 1. The number of piperidine rings is 1. The summed E-state index contributed by atoms with van der Waals surface area (Å²) in [5.41, 5.74) is 2.14. The predicted molar refractivity (Wildman–Crippen MR) is 77.0 cm³/mol. The van der Waals surface area contributed by atoms with Gasteiger partial charge < -0.3 is 4.90 Å². The van der Waals surface area contributed by atoms with Crippen LogP contribution in [-0.4, -0.2) is 39.5 Å². The Hall–Kier alpha value is -1.42. The maximum Gasteiger partial charge on any atom is 0.113 e. The van der Waals surface area contributed by atoms with Gasteiger partial charge in [0.15, 0.2) is 0 Å². The van der Waals surface area contributed by atoms with E-state index in [-0.39, 0.29) is 0 Å². The van der Waals surface area contributed by atoms with E-state index in [0.29, 0.717) is 0 Å². The molecule has 0 spiro atoms. The second-order valence-electron chi connectivity index (χ2n) is 5.68. The third-order valence-corrected chi connectivity index (χ3v) is 4.14. The van der Waals surface area contributed by atoms with E-state index >= 15 is 0 Å². The molecule has 1 fully saturated rings. The van der Waals surface area contributed by atoms with Crippen LogP contribution < -0.4 is 0 Å². The van der Waals surface area contributed by atoms with Crippen LogP contribution in [0.5, 0.6) is 0 Å². The quantitative estimate of drug-likeness (QED) is 0.845. The fourth-order valence-electron chi connectivity index (χ4n) is 2.81. The average Bonchev–Trinajstić information content (AvgIpc) is 2.85. The van der Waals surface area contributed by atoms with Crippen molar-refractivity contribution < 1.29 is 0 Å². The van der Waals surface area contributed by atoms with Gasteiger partial charge in [-0.15, -0.1) is 5.10 Å².